The lowest BCUT2D eigenvalue weighted by Crippen LogP contribution is -2.31. The lowest BCUT2D eigenvalue weighted by molar-refractivity contribution is 0.509. The number of nitrogens with zero attached hydrogens (tertiary/aromatic N) is 1. The Labute approximate surface area is 127 Å². The summed E-state index contributed by atoms with van der Waals surface area (Å²) < 4.78 is 5.80. The van der Waals surface area contributed by atoms with Gasteiger partial charge in [-0.15, -0.1) is 11.3 Å². The summed E-state index contributed by atoms with van der Waals surface area (Å²) in [6.45, 7) is 4.37. The van der Waals surface area contributed by atoms with Crippen molar-refractivity contribution in [1.29, 1.82) is 0 Å². The molecule has 0 spiro atoms. The standard InChI is InChI=1S/C16H16N2S2/c1-16(2,12-8-4-3-5-9-12)18-20-15-17-13-10-6-7-11-14(13)19-15/h3-11,18H,1-2H3. The van der Waals surface area contributed by atoms with Crippen molar-refractivity contribution in [2.45, 2.75) is 23.7 Å². The fraction of sp³-hybridized carbons (Fsp3) is 0.188. The second-order valence-corrected chi connectivity index (χ2v) is 7.23. The summed E-state index contributed by atoms with van der Waals surface area (Å²) in [6.07, 6.45) is 0. The largest absolute Gasteiger partial charge is 0.248 e. The molecule has 1 N–H and O–H groups in total. The number of hydrogen-bond donors (Lipinski definition) is 1. The molecule has 3 aromatic rings. The summed E-state index contributed by atoms with van der Waals surface area (Å²) >= 11 is 3.33. The normalized spacial score (nSPS) is 11.9. The van der Waals surface area contributed by atoms with E-state index in [-0.39, 0.29) is 5.54 Å². The average molecular weight is 300 g/mol. The number of hydrogen-bond acceptors (Lipinski definition) is 4. The zero-order chi connectivity index (χ0) is 14.0. The zero-order valence-electron chi connectivity index (χ0n) is 11.5. The summed E-state index contributed by atoms with van der Waals surface area (Å²) in [5.41, 5.74) is 2.25. The monoisotopic (exact) mass is 300 g/mol. The van der Waals surface area contributed by atoms with Crippen LogP contribution in [0.15, 0.2) is 58.9 Å². The molecule has 0 saturated carbocycles. The number of fused-ring (bicyclic) bond motifs is 1. The first-order valence-electron chi connectivity index (χ1n) is 6.50. The van der Waals surface area contributed by atoms with E-state index in [1.807, 2.05) is 12.1 Å². The van der Waals surface area contributed by atoms with Gasteiger partial charge in [0.05, 0.1) is 10.2 Å². The van der Waals surface area contributed by atoms with Gasteiger partial charge in [0, 0.05) is 5.54 Å². The number of nitrogens with one attached hydrogen (secondary N) is 1. The van der Waals surface area contributed by atoms with Crippen LogP contribution in [-0.4, -0.2) is 4.98 Å². The van der Waals surface area contributed by atoms with Gasteiger partial charge in [0.25, 0.3) is 0 Å². The molecule has 0 fully saturated rings. The Hall–Kier alpha value is -1.36. The highest BCUT2D eigenvalue weighted by atomic mass is 32.2. The molecule has 0 aliphatic heterocycles. The topological polar surface area (TPSA) is 24.9 Å². The highest BCUT2D eigenvalue weighted by Gasteiger charge is 2.20. The quantitative estimate of drug-likeness (QED) is 0.699. The molecule has 1 aromatic heterocycles. The van der Waals surface area contributed by atoms with Gasteiger partial charge in [0.15, 0.2) is 4.34 Å². The minimum Gasteiger partial charge on any atom is -0.248 e. The van der Waals surface area contributed by atoms with Crippen molar-refractivity contribution in [3.05, 3.63) is 60.2 Å². The van der Waals surface area contributed by atoms with Crippen LogP contribution in [0.3, 0.4) is 0 Å². The third-order valence-electron chi connectivity index (χ3n) is 3.16. The Bertz CT molecular complexity index is 672. The Balaban J connectivity index is 1.75. The predicted molar refractivity (Wildman–Crippen MR) is 88.1 cm³/mol. The van der Waals surface area contributed by atoms with Gasteiger partial charge >= 0.3 is 0 Å². The van der Waals surface area contributed by atoms with Crippen LogP contribution >= 0.6 is 23.3 Å². The number of benzene rings is 2. The molecule has 0 amide bonds. The first-order valence-corrected chi connectivity index (χ1v) is 8.13. The van der Waals surface area contributed by atoms with E-state index in [1.165, 1.54) is 10.3 Å². The Morgan fingerprint density at radius 1 is 1.00 bits per heavy atom. The van der Waals surface area contributed by atoms with Crippen LogP contribution in [0.1, 0.15) is 19.4 Å². The van der Waals surface area contributed by atoms with E-state index in [0.717, 1.165) is 9.86 Å². The van der Waals surface area contributed by atoms with Crippen LogP contribution in [0, 0.1) is 0 Å². The van der Waals surface area contributed by atoms with Crippen molar-refractivity contribution in [2.24, 2.45) is 0 Å². The van der Waals surface area contributed by atoms with Gasteiger partial charge < -0.3 is 0 Å². The van der Waals surface area contributed by atoms with Crippen molar-refractivity contribution < 1.29 is 0 Å². The lowest BCUT2D eigenvalue weighted by atomic mass is 9.96. The maximum Gasteiger partial charge on any atom is 0.166 e. The molecule has 20 heavy (non-hydrogen) atoms. The molecule has 0 unspecified atom stereocenters. The maximum absolute atomic E-state index is 4.63. The van der Waals surface area contributed by atoms with E-state index in [1.54, 1.807) is 23.3 Å². The van der Waals surface area contributed by atoms with E-state index in [2.05, 4.69) is 66.0 Å². The highest BCUT2D eigenvalue weighted by molar-refractivity contribution is 7.99. The first kappa shape index (κ1) is 13.6. The van der Waals surface area contributed by atoms with Crippen LogP contribution in [-0.2, 0) is 5.54 Å². The van der Waals surface area contributed by atoms with Crippen LogP contribution in [0.4, 0.5) is 0 Å². The third-order valence-corrected chi connectivity index (χ3v) is 5.37. The zero-order valence-corrected chi connectivity index (χ0v) is 13.1. The van der Waals surface area contributed by atoms with Crippen LogP contribution in [0.5, 0.6) is 0 Å². The molecular formula is C16H16N2S2. The van der Waals surface area contributed by atoms with E-state index in [0.29, 0.717) is 0 Å². The minimum atomic E-state index is -0.0935. The van der Waals surface area contributed by atoms with Crippen molar-refractivity contribution in [3.63, 3.8) is 0 Å². The molecule has 0 saturated heterocycles. The molecule has 0 aliphatic rings. The lowest BCUT2D eigenvalue weighted by Gasteiger charge is -2.25. The van der Waals surface area contributed by atoms with Gasteiger partial charge in [-0.3, -0.25) is 0 Å². The van der Waals surface area contributed by atoms with E-state index < -0.39 is 0 Å². The summed E-state index contributed by atoms with van der Waals surface area (Å²) in [6, 6.07) is 18.7. The molecule has 1 heterocycles. The van der Waals surface area contributed by atoms with Crippen LogP contribution in [0.2, 0.25) is 0 Å². The highest BCUT2D eigenvalue weighted by Crippen LogP contribution is 2.31. The van der Waals surface area contributed by atoms with Crippen molar-refractivity contribution in [2.75, 3.05) is 0 Å². The van der Waals surface area contributed by atoms with Gasteiger partial charge in [-0.1, -0.05) is 42.5 Å². The second-order valence-electron chi connectivity index (χ2n) is 5.14. The first-order chi connectivity index (χ1) is 9.65. The van der Waals surface area contributed by atoms with E-state index >= 15 is 0 Å². The number of thiazole rings is 1. The Morgan fingerprint density at radius 2 is 1.70 bits per heavy atom. The van der Waals surface area contributed by atoms with Crippen LogP contribution in [0.25, 0.3) is 10.2 Å². The molecule has 2 aromatic carbocycles. The maximum atomic E-state index is 4.63. The summed E-state index contributed by atoms with van der Waals surface area (Å²) in [5.74, 6) is 0. The molecule has 0 radical (unpaired) electrons. The van der Waals surface area contributed by atoms with Gasteiger partial charge in [0.2, 0.25) is 0 Å². The molecule has 0 atom stereocenters. The van der Waals surface area contributed by atoms with Gasteiger partial charge in [0.1, 0.15) is 0 Å². The number of aromatic nitrogens is 1. The molecular weight excluding hydrogens is 284 g/mol. The van der Waals surface area contributed by atoms with E-state index in [9.17, 15) is 0 Å². The number of rotatable bonds is 4. The summed E-state index contributed by atoms with van der Waals surface area (Å²) in [4.78, 5) is 4.63. The Morgan fingerprint density at radius 3 is 2.45 bits per heavy atom. The molecule has 3 rings (SSSR count). The number of para-hydroxylation sites is 1. The fourth-order valence-corrected chi connectivity index (χ4v) is 3.84. The fourth-order valence-electron chi connectivity index (χ4n) is 1.98. The molecule has 102 valence electrons. The average Bonchev–Trinajstić information content (AvgIpc) is 2.89. The predicted octanol–water partition coefficient (Wildman–Crippen LogP) is 4.83. The Kier molecular flexibility index (Phi) is 3.78. The molecule has 0 bridgehead atoms. The van der Waals surface area contributed by atoms with Crippen molar-refractivity contribution >= 4 is 33.5 Å². The van der Waals surface area contributed by atoms with Crippen molar-refractivity contribution in [1.82, 2.24) is 9.71 Å². The SMILES string of the molecule is CC(C)(NSc1nc2ccccc2s1)c1ccccc1. The smallest absolute Gasteiger partial charge is 0.166 e. The molecule has 0 aliphatic carbocycles. The van der Waals surface area contributed by atoms with Crippen molar-refractivity contribution in [3.8, 4) is 0 Å². The summed E-state index contributed by atoms with van der Waals surface area (Å²) in [7, 11) is 0. The van der Waals surface area contributed by atoms with Gasteiger partial charge in [-0.2, -0.15) is 0 Å². The summed E-state index contributed by atoms with van der Waals surface area (Å²) in [5, 5.41) is 0. The van der Waals surface area contributed by atoms with Gasteiger partial charge in [-0.05, 0) is 43.5 Å². The third kappa shape index (κ3) is 2.87. The van der Waals surface area contributed by atoms with E-state index in [4.69, 9.17) is 0 Å². The van der Waals surface area contributed by atoms with Crippen LogP contribution < -0.4 is 4.72 Å². The van der Waals surface area contributed by atoms with Gasteiger partial charge in [-0.25, -0.2) is 9.71 Å². The minimum absolute atomic E-state index is 0.0935. The second kappa shape index (κ2) is 5.56. The molecule has 4 heteroatoms. The molecule has 2 nitrogen and oxygen atoms in total.